The van der Waals surface area contributed by atoms with Gasteiger partial charge in [0.1, 0.15) is 0 Å². The van der Waals surface area contributed by atoms with Crippen LogP contribution in [0.5, 0.6) is 0 Å². The maximum atomic E-state index is 12.7. The highest BCUT2D eigenvalue weighted by atomic mass is 16.4. The van der Waals surface area contributed by atoms with Gasteiger partial charge in [-0.1, -0.05) is 48.5 Å². The smallest absolute Gasteiger partial charge is 0.332 e. The number of rotatable bonds is 11. The molecule has 0 saturated heterocycles. The van der Waals surface area contributed by atoms with Crippen molar-refractivity contribution >= 4 is 52.7 Å². The molecular weight excluding hydrogens is 522 g/mol. The zero-order valence-electron chi connectivity index (χ0n) is 23.4. The van der Waals surface area contributed by atoms with Gasteiger partial charge in [0, 0.05) is 52.0 Å². The van der Waals surface area contributed by atoms with Crippen LogP contribution in [0, 0.1) is 17.3 Å². The quantitative estimate of drug-likeness (QED) is 0.218. The average Bonchev–Trinajstić information content (AvgIpc) is 2.77. The third-order valence-electron chi connectivity index (χ3n) is 5.36. The minimum atomic E-state index is -1.28. The van der Waals surface area contributed by atoms with Crippen LogP contribution in [0.25, 0.3) is 0 Å². The summed E-state index contributed by atoms with van der Waals surface area (Å²) in [6.07, 6.45) is 2.74. The zero-order valence-corrected chi connectivity index (χ0v) is 23.4. The van der Waals surface area contributed by atoms with Crippen molar-refractivity contribution in [3.8, 4) is 0 Å². The number of anilines is 3. The average molecular weight is 558 g/mol. The summed E-state index contributed by atoms with van der Waals surface area (Å²) in [6, 6.07) is 3.94. The van der Waals surface area contributed by atoms with Gasteiger partial charge in [-0.15, -0.1) is 0 Å². The van der Waals surface area contributed by atoms with E-state index in [4.69, 9.17) is 0 Å². The van der Waals surface area contributed by atoms with Crippen molar-refractivity contribution in [3.05, 3.63) is 53.1 Å². The third-order valence-corrected chi connectivity index (χ3v) is 5.36. The summed E-state index contributed by atoms with van der Waals surface area (Å²) in [5.41, 5.74) is -1.17. The van der Waals surface area contributed by atoms with E-state index in [1.807, 2.05) is 0 Å². The van der Waals surface area contributed by atoms with Gasteiger partial charge in [-0.3, -0.25) is 14.4 Å². The van der Waals surface area contributed by atoms with E-state index in [1.165, 1.54) is 18.2 Å². The maximum absolute atomic E-state index is 12.7. The van der Waals surface area contributed by atoms with Crippen molar-refractivity contribution in [2.75, 3.05) is 16.0 Å². The number of nitrogens with one attached hydrogen (secondary N) is 3. The van der Waals surface area contributed by atoms with Gasteiger partial charge in [0.15, 0.2) is 0 Å². The Morgan fingerprint density at radius 3 is 1.12 bits per heavy atom. The van der Waals surface area contributed by atoms with E-state index < -0.39 is 52.9 Å². The number of carboxylic acids is 3. The fourth-order valence-electron chi connectivity index (χ4n) is 3.34. The lowest BCUT2D eigenvalue weighted by Crippen LogP contribution is -2.21. The summed E-state index contributed by atoms with van der Waals surface area (Å²) in [5, 5.41) is 35.5. The molecule has 3 amide bonds. The first-order valence-electron chi connectivity index (χ1n) is 12.2. The second kappa shape index (κ2) is 13.9. The highest BCUT2D eigenvalue weighted by Crippen LogP contribution is 2.27. The van der Waals surface area contributed by atoms with Crippen molar-refractivity contribution in [2.24, 2.45) is 17.3 Å². The fraction of sp³-hybridized carbons (Fsp3) is 0.357. The van der Waals surface area contributed by atoms with Crippen LogP contribution in [0.1, 0.15) is 48.5 Å². The van der Waals surface area contributed by atoms with Crippen molar-refractivity contribution in [1.82, 2.24) is 0 Å². The van der Waals surface area contributed by atoms with E-state index in [1.54, 1.807) is 48.5 Å². The van der Waals surface area contributed by atoms with Crippen LogP contribution in [0.2, 0.25) is 0 Å². The molecule has 0 aromatic heterocycles. The van der Waals surface area contributed by atoms with Crippen LogP contribution < -0.4 is 16.0 Å². The SMILES string of the molecule is CC(C)/C(=C/C(=O)Nc1cc(NC(=O)/C=C(\C(=O)O)C(C)C)cc(NC(=O)/C=C(\C(=O)O)C(C)(C)C)c1)C(=O)O. The standard InChI is InChI=1S/C28H35N3O9/c1-14(2)19(25(35)36)11-22(32)29-16-8-17(30-23(33)12-20(15(3)4)26(37)38)10-18(9-16)31-24(34)13-21(27(39)40)28(5,6)7/h8-15H,1-7H3,(H,29,32)(H,30,33)(H,31,34)(H,35,36)(H,37,38)(H,39,40)/b19-11-,20-12-,21-13+. The molecule has 0 spiro atoms. The molecule has 1 aromatic rings. The summed E-state index contributed by atoms with van der Waals surface area (Å²) in [5.74, 6) is -7.13. The largest absolute Gasteiger partial charge is 0.478 e. The topological polar surface area (TPSA) is 199 Å². The molecule has 12 nitrogen and oxygen atoms in total. The Kier molecular flexibility index (Phi) is 11.5. The lowest BCUT2D eigenvalue weighted by atomic mass is 9.86. The fourth-order valence-corrected chi connectivity index (χ4v) is 3.34. The lowest BCUT2D eigenvalue weighted by molar-refractivity contribution is -0.134. The van der Waals surface area contributed by atoms with E-state index in [0.29, 0.717) is 0 Å². The van der Waals surface area contributed by atoms with Gasteiger partial charge in [0.05, 0.1) is 0 Å². The number of benzene rings is 1. The number of amides is 3. The minimum absolute atomic E-state index is 0.0468. The summed E-state index contributed by atoms with van der Waals surface area (Å²) in [4.78, 5) is 72.2. The van der Waals surface area contributed by atoms with Crippen molar-refractivity contribution in [2.45, 2.75) is 48.5 Å². The molecule has 0 fully saturated rings. The van der Waals surface area contributed by atoms with Crippen LogP contribution in [0.3, 0.4) is 0 Å². The Labute approximate surface area is 231 Å². The molecule has 216 valence electrons. The predicted octanol–water partition coefficient (Wildman–Crippen LogP) is 3.89. The first kappa shape index (κ1) is 33.3. The number of carboxylic acid groups (broad SMARTS) is 3. The molecule has 0 aliphatic heterocycles. The van der Waals surface area contributed by atoms with E-state index in [0.717, 1.165) is 18.2 Å². The highest BCUT2D eigenvalue weighted by Gasteiger charge is 2.24. The second-order valence-corrected chi connectivity index (χ2v) is 10.5. The number of carbonyl (C=O) groups excluding carboxylic acids is 3. The Morgan fingerprint density at radius 2 is 0.900 bits per heavy atom. The molecule has 1 rings (SSSR count). The zero-order chi connectivity index (χ0) is 30.9. The normalized spacial score (nSPS) is 12.7. The van der Waals surface area contributed by atoms with Crippen molar-refractivity contribution in [3.63, 3.8) is 0 Å². The van der Waals surface area contributed by atoms with Crippen molar-refractivity contribution in [1.29, 1.82) is 0 Å². The molecule has 0 bridgehead atoms. The third kappa shape index (κ3) is 10.6. The van der Waals surface area contributed by atoms with Crippen LogP contribution in [0.4, 0.5) is 17.1 Å². The van der Waals surface area contributed by atoms with Gasteiger partial charge in [0.2, 0.25) is 17.7 Å². The first-order chi connectivity index (χ1) is 18.3. The summed E-state index contributed by atoms with van der Waals surface area (Å²) in [6.45, 7) is 11.3. The molecule has 0 radical (unpaired) electrons. The summed E-state index contributed by atoms with van der Waals surface area (Å²) in [7, 11) is 0. The molecule has 1 aromatic carbocycles. The highest BCUT2D eigenvalue weighted by molar-refractivity contribution is 6.08. The van der Waals surface area contributed by atoms with Gasteiger partial charge < -0.3 is 31.3 Å². The Bertz CT molecular complexity index is 1230. The van der Waals surface area contributed by atoms with Gasteiger partial charge in [-0.05, 0) is 35.4 Å². The van der Waals surface area contributed by atoms with Crippen molar-refractivity contribution < 1.29 is 44.1 Å². The van der Waals surface area contributed by atoms with Crippen LogP contribution >= 0.6 is 0 Å². The lowest BCUT2D eigenvalue weighted by Gasteiger charge is -2.19. The molecule has 0 aliphatic carbocycles. The monoisotopic (exact) mass is 557 g/mol. The molecule has 0 heterocycles. The number of hydrogen-bond acceptors (Lipinski definition) is 6. The Morgan fingerprint density at radius 1 is 0.600 bits per heavy atom. The molecule has 0 unspecified atom stereocenters. The van der Waals surface area contributed by atoms with E-state index >= 15 is 0 Å². The molecule has 0 atom stereocenters. The number of aliphatic carboxylic acids is 3. The molecule has 6 N–H and O–H groups in total. The molecule has 0 saturated carbocycles. The van der Waals surface area contributed by atoms with E-state index in [2.05, 4.69) is 16.0 Å². The molecular formula is C28H35N3O9. The second-order valence-electron chi connectivity index (χ2n) is 10.5. The molecule has 40 heavy (non-hydrogen) atoms. The molecule has 0 aliphatic rings. The Balaban J connectivity index is 3.51. The number of carbonyl (C=O) groups is 6. The predicted molar refractivity (Wildman–Crippen MR) is 149 cm³/mol. The van der Waals surface area contributed by atoms with E-state index in [-0.39, 0.29) is 33.8 Å². The van der Waals surface area contributed by atoms with Gasteiger partial charge >= 0.3 is 17.9 Å². The van der Waals surface area contributed by atoms with Crippen LogP contribution in [-0.2, 0) is 28.8 Å². The van der Waals surface area contributed by atoms with Crippen LogP contribution in [0.15, 0.2) is 53.1 Å². The van der Waals surface area contributed by atoms with E-state index in [9.17, 15) is 44.1 Å². The number of hydrogen-bond donors (Lipinski definition) is 6. The van der Waals surface area contributed by atoms with Crippen LogP contribution in [-0.4, -0.2) is 50.9 Å². The van der Waals surface area contributed by atoms with Gasteiger partial charge in [-0.2, -0.15) is 0 Å². The minimum Gasteiger partial charge on any atom is -0.478 e. The first-order valence-corrected chi connectivity index (χ1v) is 12.2. The molecule has 12 heteroatoms. The summed E-state index contributed by atoms with van der Waals surface area (Å²) >= 11 is 0. The Hall–Kier alpha value is -4.74. The van der Waals surface area contributed by atoms with Gasteiger partial charge in [-0.25, -0.2) is 14.4 Å². The summed E-state index contributed by atoms with van der Waals surface area (Å²) < 4.78 is 0. The van der Waals surface area contributed by atoms with Gasteiger partial charge in [0.25, 0.3) is 0 Å². The maximum Gasteiger partial charge on any atom is 0.332 e.